The summed E-state index contributed by atoms with van der Waals surface area (Å²) < 4.78 is 1.09. The molecule has 1 heterocycles. The lowest BCUT2D eigenvalue weighted by Crippen LogP contribution is -2.33. The third-order valence-corrected chi connectivity index (χ3v) is 2.34. The van der Waals surface area contributed by atoms with Crippen LogP contribution in [-0.2, 0) is 0 Å². The number of aliphatic hydroxyl groups is 2. The van der Waals surface area contributed by atoms with Gasteiger partial charge in [-0.05, 0) is 26.2 Å². The van der Waals surface area contributed by atoms with Gasteiger partial charge in [0.15, 0.2) is 0 Å². The van der Waals surface area contributed by atoms with E-state index in [9.17, 15) is 14.7 Å². The van der Waals surface area contributed by atoms with Gasteiger partial charge in [0.25, 0.3) is 5.56 Å². The number of aromatic amines is 1. The second-order valence-electron chi connectivity index (χ2n) is 3.68. The number of H-pyrrole nitrogens is 1. The van der Waals surface area contributed by atoms with Gasteiger partial charge < -0.3 is 10.2 Å². The fourth-order valence-corrected chi connectivity index (χ4v) is 1.39. The zero-order valence-electron chi connectivity index (χ0n) is 9.14. The molecule has 1 aromatic rings. The van der Waals surface area contributed by atoms with E-state index in [0.717, 1.165) is 4.57 Å². The van der Waals surface area contributed by atoms with Gasteiger partial charge in [0.2, 0.25) is 0 Å². The highest BCUT2D eigenvalue weighted by atomic mass is 16.3. The van der Waals surface area contributed by atoms with E-state index < -0.39 is 17.5 Å². The molecule has 6 nitrogen and oxygen atoms in total. The Morgan fingerprint density at radius 3 is 2.75 bits per heavy atom. The number of rotatable bonds is 5. The summed E-state index contributed by atoms with van der Waals surface area (Å²) in [5.41, 5.74) is -0.684. The van der Waals surface area contributed by atoms with E-state index in [1.54, 1.807) is 6.92 Å². The number of aliphatic hydroxyl groups excluding tert-OH is 2. The summed E-state index contributed by atoms with van der Waals surface area (Å²) in [5.74, 6) is 0. The summed E-state index contributed by atoms with van der Waals surface area (Å²) in [6.07, 6.45) is 1.93. The molecule has 1 aromatic heterocycles. The zero-order valence-corrected chi connectivity index (χ0v) is 9.14. The van der Waals surface area contributed by atoms with Crippen molar-refractivity contribution < 1.29 is 10.2 Å². The number of unbranched alkanes of at least 4 members (excludes halogenated alkanes) is 1. The summed E-state index contributed by atoms with van der Waals surface area (Å²) in [6, 6.07) is 0. The van der Waals surface area contributed by atoms with E-state index in [1.165, 1.54) is 6.20 Å². The van der Waals surface area contributed by atoms with Gasteiger partial charge in [0.05, 0.1) is 0 Å². The molecule has 3 N–H and O–H groups in total. The molecule has 1 rings (SSSR count). The Balaban J connectivity index is 2.83. The fraction of sp³-hybridized carbons (Fsp3) is 0.600. The second-order valence-corrected chi connectivity index (χ2v) is 3.68. The van der Waals surface area contributed by atoms with Crippen molar-refractivity contribution in [1.82, 2.24) is 9.55 Å². The number of nitrogens with one attached hydrogen (secondary N) is 1. The standard InChI is InChI=1S/C10H16N2O4/c1-7-6-12(10(16)11-9(7)15)8(14)4-2-3-5-13/h6,8,13-14H,2-5H2,1H3,(H,11,15,16). The number of hydrogen-bond acceptors (Lipinski definition) is 4. The second kappa shape index (κ2) is 5.62. The molecule has 0 radical (unpaired) electrons. The largest absolute Gasteiger partial charge is 0.396 e. The average Bonchev–Trinajstić information content (AvgIpc) is 2.23. The van der Waals surface area contributed by atoms with Crippen molar-refractivity contribution in [3.63, 3.8) is 0 Å². The highest BCUT2D eigenvalue weighted by Gasteiger charge is 2.09. The van der Waals surface area contributed by atoms with Crippen LogP contribution < -0.4 is 11.2 Å². The normalized spacial score (nSPS) is 12.7. The summed E-state index contributed by atoms with van der Waals surface area (Å²) in [5, 5.41) is 18.3. The van der Waals surface area contributed by atoms with E-state index in [-0.39, 0.29) is 6.61 Å². The predicted octanol–water partition coefficient (Wildman–Crippen LogP) is -0.501. The fourth-order valence-electron chi connectivity index (χ4n) is 1.39. The van der Waals surface area contributed by atoms with Crippen LogP contribution in [0.2, 0.25) is 0 Å². The molecule has 90 valence electrons. The van der Waals surface area contributed by atoms with Gasteiger partial charge in [0.1, 0.15) is 6.23 Å². The van der Waals surface area contributed by atoms with Gasteiger partial charge in [-0.1, -0.05) is 0 Å². The molecule has 6 heteroatoms. The van der Waals surface area contributed by atoms with Crippen molar-refractivity contribution in [2.24, 2.45) is 0 Å². The Kier molecular flexibility index (Phi) is 4.45. The first-order valence-electron chi connectivity index (χ1n) is 5.17. The van der Waals surface area contributed by atoms with Gasteiger partial charge >= 0.3 is 5.69 Å². The molecule has 0 aliphatic heterocycles. The molecule has 16 heavy (non-hydrogen) atoms. The third-order valence-electron chi connectivity index (χ3n) is 2.34. The van der Waals surface area contributed by atoms with E-state index in [1.807, 2.05) is 0 Å². The molecule has 0 spiro atoms. The maximum atomic E-state index is 11.4. The molecule has 0 fully saturated rings. The SMILES string of the molecule is Cc1cn(C(O)CCCCO)c(=O)[nH]c1=O. The molecule has 1 atom stereocenters. The first-order chi connectivity index (χ1) is 7.56. The molecular weight excluding hydrogens is 212 g/mol. The highest BCUT2D eigenvalue weighted by Crippen LogP contribution is 2.08. The van der Waals surface area contributed by atoms with Gasteiger partial charge in [-0.15, -0.1) is 0 Å². The lowest BCUT2D eigenvalue weighted by molar-refractivity contribution is 0.0842. The Labute approximate surface area is 92.2 Å². The minimum atomic E-state index is -0.963. The van der Waals surface area contributed by atoms with Crippen LogP contribution in [0.25, 0.3) is 0 Å². The van der Waals surface area contributed by atoms with Crippen LogP contribution in [0.1, 0.15) is 31.1 Å². The molecule has 0 aliphatic rings. The molecular formula is C10H16N2O4. The molecule has 0 saturated carbocycles. The minimum absolute atomic E-state index is 0.0618. The Morgan fingerprint density at radius 2 is 2.12 bits per heavy atom. The molecule has 0 amide bonds. The van der Waals surface area contributed by atoms with Crippen LogP contribution >= 0.6 is 0 Å². The lowest BCUT2D eigenvalue weighted by atomic mass is 10.2. The van der Waals surface area contributed by atoms with E-state index >= 15 is 0 Å². The maximum Gasteiger partial charge on any atom is 0.330 e. The van der Waals surface area contributed by atoms with Gasteiger partial charge in [-0.2, -0.15) is 0 Å². The molecule has 0 saturated heterocycles. The van der Waals surface area contributed by atoms with Crippen LogP contribution in [-0.4, -0.2) is 26.4 Å². The predicted molar refractivity (Wildman–Crippen MR) is 58.3 cm³/mol. The highest BCUT2D eigenvalue weighted by molar-refractivity contribution is 5.01. The average molecular weight is 228 g/mol. The van der Waals surface area contributed by atoms with Crippen LogP contribution in [0.5, 0.6) is 0 Å². The number of aromatic nitrogens is 2. The Morgan fingerprint density at radius 1 is 1.44 bits per heavy atom. The van der Waals surface area contributed by atoms with E-state index in [2.05, 4.69) is 4.98 Å². The molecule has 0 aliphatic carbocycles. The molecule has 1 unspecified atom stereocenters. The van der Waals surface area contributed by atoms with Crippen molar-refractivity contribution in [1.29, 1.82) is 0 Å². The number of hydrogen-bond donors (Lipinski definition) is 3. The van der Waals surface area contributed by atoms with Crippen molar-refractivity contribution in [2.75, 3.05) is 6.61 Å². The van der Waals surface area contributed by atoms with Gasteiger partial charge in [0, 0.05) is 18.4 Å². The quantitative estimate of drug-likeness (QED) is 0.592. The van der Waals surface area contributed by atoms with Gasteiger partial charge in [-0.3, -0.25) is 14.3 Å². The van der Waals surface area contributed by atoms with Crippen LogP contribution in [0.3, 0.4) is 0 Å². The first kappa shape index (κ1) is 12.7. The topological polar surface area (TPSA) is 95.3 Å². The van der Waals surface area contributed by atoms with Crippen molar-refractivity contribution in [2.45, 2.75) is 32.4 Å². The summed E-state index contributed by atoms with van der Waals surface area (Å²) in [7, 11) is 0. The first-order valence-corrected chi connectivity index (χ1v) is 5.17. The monoisotopic (exact) mass is 228 g/mol. The van der Waals surface area contributed by atoms with E-state index in [4.69, 9.17) is 5.11 Å². The smallest absolute Gasteiger partial charge is 0.330 e. The Bertz CT molecular complexity index is 449. The number of nitrogens with zero attached hydrogens (tertiary/aromatic N) is 1. The van der Waals surface area contributed by atoms with Crippen LogP contribution in [0, 0.1) is 6.92 Å². The molecule has 0 aromatic carbocycles. The van der Waals surface area contributed by atoms with Crippen molar-refractivity contribution in [3.05, 3.63) is 32.6 Å². The number of aryl methyl sites for hydroxylation is 1. The van der Waals surface area contributed by atoms with Crippen LogP contribution in [0.4, 0.5) is 0 Å². The van der Waals surface area contributed by atoms with Crippen molar-refractivity contribution >= 4 is 0 Å². The van der Waals surface area contributed by atoms with Crippen molar-refractivity contribution in [3.8, 4) is 0 Å². The summed E-state index contributed by atoms with van der Waals surface area (Å²) in [6.45, 7) is 1.63. The summed E-state index contributed by atoms with van der Waals surface area (Å²) >= 11 is 0. The molecule has 0 bridgehead atoms. The maximum absolute atomic E-state index is 11.4. The Hall–Kier alpha value is -1.40. The van der Waals surface area contributed by atoms with Crippen LogP contribution in [0.15, 0.2) is 15.8 Å². The minimum Gasteiger partial charge on any atom is -0.396 e. The summed E-state index contributed by atoms with van der Waals surface area (Å²) in [4.78, 5) is 24.6. The third kappa shape index (κ3) is 3.04. The zero-order chi connectivity index (χ0) is 12.1. The van der Waals surface area contributed by atoms with E-state index in [0.29, 0.717) is 24.8 Å². The lowest BCUT2D eigenvalue weighted by Gasteiger charge is -2.13. The van der Waals surface area contributed by atoms with Gasteiger partial charge in [-0.25, -0.2) is 4.79 Å².